The zero-order chi connectivity index (χ0) is 34.4. The molecule has 0 radical (unpaired) electrons. The highest BCUT2D eigenvalue weighted by atomic mass is 19.4. The molecule has 2 heterocycles. The number of nitrogens with one attached hydrogen (secondary N) is 1. The predicted octanol–water partition coefficient (Wildman–Crippen LogP) is 7.60. The van der Waals surface area contributed by atoms with Crippen molar-refractivity contribution in [3.63, 3.8) is 0 Å². The molecule has 1 spiro atoms. The molecule has 5 aliphatic rings. The molecule has 2 N–H and O–H groups in total. The second-order valence-electron chi connectivity index (χ2n) is 14.5. The molecule has 2 aromatic rings. The number of hydrogen-bond donors (Lipinski definition) is 2. The van der Waals surface area contributed by atoms with Crippen LogP contribution in [0.3, 0.4) is 0 Å². The van der Waals surface area contributed by atoms with Crippen molar-refractivity contribution in [2.45, 2.75) is 81.5 Å². The van der Waals surface area contributed by atoms with Crippen molar-refractivity contribution >= 4 is 12.0 Å². The van der Waals surface area contributed by atoms with Crippen molar-refractivity contribution in [3.05, 3.63) is 113 Å². The van der Waals surface area contributed by atoms with Crippen LogP contribution in [0.4, 0.5) is 13.2 Å². The number of halogens is 3. The van der Waals surface area contributed by atoms with Crippen LogP contribution in [0.5, 0.6) is 0 Å². The molecule has 7 rings (SSSR count). The lowest BCUT2D eigenvalue weighted by molar-refractivity contribution is -0.958. The molecule has 1 amide bonds. The summed E-state index contributed by atoms with van der Waals surface area (Å²) in [6, 6.07) is 18.7. The van der Waals surface area contributed by atoms with Crippen molar-refractivity contribution in [1.29, 1.82) is 0 Å². The van der Waals surface area contributed by atoms with Crippen LogP contribution in [0.15, 0.2) is 102 Å². The summed E-state index contributed by atoms with van der Waals surface area (Å²) in [7, 11) is 1.35. The van der Waals surface area contributed by atoms with Gasteiger partial charge in [0.2, 0.25) is 0 Å². The van der Waals surface area contributed by atoms with Crippen molar-refractivity contribution in [3.8, 4) is 0 Å². The smallest absolute Gasteiger partial charge is 0.421 e. The topological polar surface area (TPSA) is 67.8 Å². The van der Waals surface area contributed by atoms with Crippen LogP contribution in [-0.4, -0.2) is 72.4 Å². The summed E-state index contributed by atoms with van der Waals surface area (Å²) in [5, 5.41) is 14.4. The van der Waals surface area contributed by atoms with Gasteiger partial charge in [0.25, 0.3) is 5.91 Å². The number of hydrogen-bond acceptors (Lipinski definition) is 4. The summed E-state index contributed by atoms with van der Waals surface area (Å²) >= 11 is 0. The average Bonchev–Trinajstić information content (AvgIpc) is 3.43. The number of aliphatic hydroxyl groups is 1. The zero-order valence-electron chi connectivity index (χ0n) is 28.1. The Morgan fingerprint density at radius 1 is 1.12 bits per heavy atom. The van der Waals surface area contributed by atoms with E-state index in [2.05, 4.69) is 36.2 Å². The lowest BCUT2D eigenvalue weighted by Gasteiger charge is -2.62. The van der Waals surface area contributed by atoms with Gasteiger partial charge in [-0.2, -0.15) is 13.2 Å². The van der Waals surface area contributed by atoms with Crippen LogP contribution < -0.4 is 5.32 Å². The number of aryl methyl sites for hydroxylation is 1. The minimum Gasteiger partial charge on any atom is -0.508 e. The highest BCUT2D eigenvalue weighted by Gasteiger charge is 2.72. The first-order valence-corrected chi connectivity index (χ1v) is 17.6. The van der Waals surface area contributed by atoms with Gasteiger partial charge in [0.15, 0.2) is 5.72 Å². The van der Waals surface area contributed by atoms with Gasteiger partial charge in [0.1, 0.15) is 17.4 Å². The number of allylic oxidation sites excluding steroid dienone is 1. The largest absolute Gasteiger partial charge is 0.508 e. The third kappa shape index (κ3) is 5.68. The number of methoxy groups -OCH3 is 1. The number of carbonyl (C=O) groups is 1. The maximum absolute atomic E-state index is 14.4. The average molecular weight is 676 g/mol. The lowest BCUT2D eigenvalue weighted by Crippen LogP contribution is -2.70. The Bertz CT molecular complexity index is 1670. The van der Waals surface area contributed by atoms with Gasteiger partial charge < -0.3 is 24.4 Å². The van der Waals surface area contributed by atoms with Gasteiger partial charge in [-0.3, -0.25) is 4.79 Å². The first kappa shape index (κ1) is 33.8. The van der Waals surface area contributed by atoms with Crippen LogP contribution in [0.1, 0.15) is 56.1 Å². The maximum Gasteiger partial charge on any atom is 0.421 e. The summed E-state index contributed by atoms with van der Waals surface area (Å²) in [5.41, 5.74) is -0.226. The highest BCUT2D eigenvalue weighted by molar-refractivity contribution is 5.99. The Balaban J connectivity index is 1.21. The van der Waals surface area contributed by atoms with Crippen LogP contribution in [0, 0.1) is 11.3 Å². The summed E-state index contributed by atoms with van der Waals surface area (Å²) in [5.74, 6) is -1.11. The van der Waals surface area contributed by atoms with E-state index in [0.717, 1.165) is 86.3 Å². The number of unbranched alkanes of at least 4 members (excludes halogenated alkanes) is 1. The Morgan fingerprint density at radius 2 is 1.86 bits per heavy atom. The van der Waals surface area contributed by atoms with E-state index in [1.165, 1.54) is 30.9 Å². The van der Waals surface area contributed by atoms with Crippen LogP contribution >= 0.6 is 0 Å². The van der Waals surface area contributed by atoms with E-state index in [1.807, 2.05) is 12.1 Å². The summed E-state index contributed by atoms with van der Waals surface area (Å²) in [4.78, 5) is 13.6. The number of carbonyl (C=O) groups excluding carboxylic acids is 1. The number of nitrogens with zero attached hydrogens (tertiary/aromatic N) is 1. The minimum absolute atomic E-state index is 0.0469. The second-order valence-corrected chi connectivity index (χ2v) is 14.5. The van der Waals surface area contributed by atoms with Crippen molar-refractivity contribution < 1.29 is 37.0 Å². The molecular formula is C40H46F3N2O4+. The Hall–Kier alpha value is -3.66. The summed E-state index contributed by atoms with van der Waals surface area (Å²) in [6.07, 6.45) is 5.77. The molecule has 6 nitrogen and oxygen atoms in total. The SMILES string of the molecule is C=CC[N+]1(CCCCc2ccccc2)CC[C@@]23C4=C5C[C@@H]1[C@@H]2CCC[C@@H]3OC4C(NC(=O)C(=Cc1ccccc1)C(F)(F)F)(OC)C=C5O. The molecule has 9 heteroatoms. The molecule has 2 saturated heterocycles. The fourth-order valence-electron chi connectivity index (χ4n) is 10.1. The van der Waals surface area contributed by atoms with Gasteiger partial charge in [-0.05, 0) is 61.0 Å². The van der Waals surface area contributed by atoms with E-state index < -0.39 is 29.5 Å². The number of rotatable bonds is 11. The third-order valence-corrected chi connectivity index (χ3v) is 12.2. The molecular weight excluding hydrogens is 629 g/mol. The van der Waals surface area contributed by atoms with E-state index in [9.17, 15) is 23.1 Å². The standard InChI is InChI=1S/C40H45F3N2O4/c1-3-21-45(22-11-10-15-27-13-6-4-7-14-27)23-20-38-30-18-12-19-34(38)49-36-35(38)29(25-32(30)45)33(46)26-39(36,48-2)44-37(47)31(40(41,42)43)24-28-16-8-5-9-17-28/h3-9,13-14,16-17,24,26,30,32,34,36H,1,10-12,15,18-23,25H2,2H3,(H-,44,46,47)/p+1/t30-,32+,34-,36?,38+,39?,45?/m0/s1. The number of likely N-dealkylation sites (tertiary alicyclic amines) is 1. The van der Waals surface area contributed by atoms with E-state index in [0.29, 0.717) is 6.42 Å². The number of amides is 1. The van der Waals surface area contributed by atoms with Gasteiger partial charge in [0.05, 0.1) is 31.8 Å². The molecule has 2 bridgehead atoms. The molecule has 3 unspecified atom stereocenters. The Kier molecular flexibility index (Phi) is 8.91. The van der Waals surface area contributed by atoms with Gasteiger partial charge in [0, 0.05) is 42.9 Å². The van der Waals surface area contributed by atoms with Crippen molar-refractivity contribution in [1.82, 2.24) is 5.32 Å². The molecule has 49 heavy (non-hydrogen) atoms. The number of alkyl halides is 3. The van der Waals surface area contributed by atoms with E-state index in [-0.39, 0.29) is 34.8 Å². The molecule has 0 aromatic heterocycles. The first-order chi connectivity index (χ1) is 23.6. The Labute approximate surface area is 286 Å². The number of quaternary nitrogens is 1. The van der Waals surface area contributed by atoms with E-state index in [1.54, 1.807) is 18.2 Å². The normalized spacial score (nSPS) is 33.5. The number of benzene rings is 2. The molecule has 2 aromatic carbocycles. The Morgan fingerprint density at radius 3 is 2.55 bits per heavy atom. The van der Waals surface area contributed by atoms with Gasteiger partial charge in [-0.1, -0.05) is 73.7 Å². The number of ether oxygens (including phenoxy) is 2. The third-order valence-electron chi connectivity index (χ3n) is 12.2. The molecule has 260 valence electrons. The van der Waals surface area contributed by atoms with E-state index >= 15 is 0 Å². The number of aliphatic hydroxyl groups excluding tert-OH is 1. The maximum atomic E-state index is 14.4. The minimum atomic E-state index is -4.93. The summed E-state index contributed by atoms with van der Waals surface area (Å²) < 4.78 is 56.8. The molecule has 1 saturated carbocycles. The van der Waals surface area contributed by atoms with Crippen molar-refractivity contribution in [2.24, 2.45) is 11.3 Å². The van der Waals surface area contributed by atoms with Gasteiger partial charge >= 0.3 is 6.18 Å². The monoisotopic (exact) mass is 675 g/mol. The molecule has 3 fully saturated rings. The quantitative estimate of drug-likeness (QED) is 0.0847. The van der Waals surface area contributed by atoms with Gasteiger partial charge in [-0.15, -0.1) is 0 Å². The lowest BCUT2D eigenvalue weighted by atomic mass is 9.49. The molecule has 2 aliphatic heterocycles. The van der Waals surface area contributed by atoms with Crippen molar-refractivity contribution in [2.75, 3.05) is 26.7 Å². The first-order valence-electron chi connectivity index (χ1n) is 17.6. The summed E-state index contributed by atoms with van der Waals surface area (Å²) in [6.45, 7) is 6.95. The van der Waals surface area contributed by atoms with Gasteiger partial charge in [-0.25, -0.2) is 0 Å². The predicted molar refractivity (Wildman–Crippen MR) is 182 cm³/mol. The van der Waals surface area contributed by atoms with Crippen LogP contribution in [-0.2, 0) is 20.7 Å². The van der Waals surface area contributed by atoms with Crippen LogP contribution in [0.2, 0.25) is 0 Å². The fraction of sp³-hybridized carbons (Fsp3) is 0.475. The van der Waals surface area contributed by atoms with Crippen LogP contribution in [0.25, 0.3) is 6.08 Å². The molecule has 3 aliphatic carbocycles. The highest BCUT2D eigenvalue weighted by Crippen LogP contribution is 2.68. The molecule has 7 atom stereocenters. The van der Waals surface area contributed by atoms with E-state index in [4.69, 9.17) is 9.47 Å². The number of piperidine rings is 1. The second kappa shape index (κ2) is 12.9. The fourth-order valence-corrected chi connectivity index (χ4v) is 10.1. The zero-order valence-corrected chi connectivity index (χ0v) is 28.1.